The quantitative estimate of drug-likeness (QED) is 0.853. The highest BCUT2D eigenvalue weighted by Gasteiger charge is 2.53. The molecule has 4 atom stereocenters. The first-order valence-electron chi connectivity index (χ1n) is 9.66. The Morgan fingerprint density at radius 1 is 1.36 bits per heavy atom. The summed E-state index contributed by atoms with van der Waals surface area (Å²) in [7, 11) is 5.64. The SMILES string of the molecule is CON1CC(C)C(N(C(=O)O)c2ccc3c(c2)[C@]2(C)CCN(C)C2N3C)C1=O. The van der Waals surface area contributed by atoms with Gasteiger partial charge in [0.15, 0.2) is 0 Å². The summed E-state index contributed by atoms with van der Waals surface area (Å²) in [4.78, 5) is 35.9. The summed E-state index contributed by atoms with van der Waals surface area (Å²) in [5, 5.41) is 11.2. The van der Waals surface area contributed by atoms with Crippen LogP contribution in [-0.2, 0) is 15.0 Å². The van der Waals surface area contributed by atoms with Gasteiger partial charge in [-0.3, -0.25) is 19.4 Å². The normalized spacial score (nSPS) is 32.0. The molecule has 8 nitrogen and oxygen atoms in total. The van der Waals surface area contributed by atoms with Crippen LogP contribution in [0.15, 0.2) is 18.2 Å². The highest BCUT2D eigenvalue weighted by atomic mass is 16.7. The molecule has 0 aliphatic carbocycles. The van der Waals surface area contributed by atoms with Crippen LogP contribution in [0, 0.1) is 5.92 Å². The second-order valence-corrected chi connectivity index (χ2v) is 8.49. The van der Waals surface area contributed by atoms with Crippen molar-refractivity contribution in [3.63, 3.8) is 0 Å². The van der Waals surface area contributed by atoms with Gasteiger partial charge < -0.3 is 10.0 Å². The molecule has 1 aromatic rings. The third kappa shape index (κ3) is 2.44. The molecule has 3 aliphatic heterocycles. The molecule has 0 spiro atoms. The molecule has 1 aromatic carbocycles. The van der Waals surface area contributed by atoms with Crippen LogP contribution < -0.4 is 9.80 Å². The minimum Gasteiger partial charge on any atom is -0.465 e. The number of likely N-dealkylation sites (tertiary alicyclic amines) is 1. The molecule has 4 rings (SSSR count). The zero-order valence-electron chi connectivity index (χ0n) is 17.0. The smallest absolute Gasteiger partial charge is 0.412 e. The number of benzene rings is 1. The molecule has 0 bridgehead atoms. The number of hydrogen-bond acceptors (Lipinski definition) is 5. The van der Waals surface area contributed by atoms with E-state index in [9.17, 15) is 14.7 Å². The van der Waals surface area contributed by atoms with Gasteiger partial charge in [0, 0.05) is 36.3 Å². The first-order chi connectivity index (χ1) is 13.2. The Morgan fingerprint density at radius 2 is 2.07 bits per heavy atom. The van der Waals surface area contributed by atoms with Crippen LogP contribution in [0.25, 0.3) is 0 Å². The number of carbonyl (C=O) groups excluding carboxylic acids is 1. The first kappa shape index (κ1) is 19.0. The second-order valence-electron chi connectivity index (χ2n) is 8.49. The van der Waals surface area contributed by atoms with Gasteiger partial charge in [-0.25, -0.2) is 9.86 Å². The standard InChI is InChI=1S/C20H28N4O4/c1-12-11-23(28-5)17(25)16(12)24(19(26)27)13-6-7-15-14(10-13)20(2)8-9-21(3)18(20)22(15)4/h6-7,10,12,16,18H,8-9,11H2,1-5H3,(H,26,27)/t12?,16?,18?,20-/m0/s1. The maximum Gasteiger partial charge on any atom is 0.412 e. The molecule has 152 valence electrons. The summed E-state index contributed by atoms with van der Waals surface area (Å²) in [6.07, 6.45) is 0.143. The number of hydrogen-bond donors (Lipinski definition) is 1. The second kappa shape index (κ2) is 6.35. The lowest BCUT2D eigenvalue weighted by molar-refractivity contribution is -0.168. The number of carbonyl (C=O) groups is 2. The average Bonchev–Trinajstić information content (AvgIpc) is 3.19. The summed E-state index contributed by atoms with van der Waals surface area (Å²) in [6, 6.07) is 4.97. The van der Waals surface area contributed by atoms with E-state index in [1.807, 2.05) is 25.1 Å². The lowest BCUT2D eigenvalue weighted by Gasteiger charge is -2.32. The highest BCUT2D eigenvalue weighted by Crippen LogP contribution is 2.52. The van der Waals surface area contributed by atoms with E-state index < -0.39 is 12.1 Å². The Labute approximate surface area is 165 Å². The lowest BCUT2D eigenvalue weighted by Crippen LogP contribution is -2.47. The summed E-state index contributed by atoms with van der Waals surface area (Å²) in [5.74, 6) is -0.486. The van der Waals surface area contributed by atoms with E-state index >= 15 is 0 Å². The van der Waals surface area contributed by atoms with Gasteiger partial charge in [0.25, 0.3) is 5.91 Å². The van der Waals surface area contributed by atoms with Crippen LogP contribution in [0.4, 0.5) is 16.2 Å². The summed E-state index contributed by atoms with van der Waals surface area (Å²) in [6.45, 7) is 5.50. The van der Waals surface area contributed by atoms with E-state index in [2.05, 4.69) is 30.8 Å². The molecule has 0 saturated carbocycles. The van der Waals surface area contributed by atoms with Crippen LogP contribution in [0.3, 0.4) is 0 Å². The maximum atomic E-state index is 12.7. The third-order valence-corrected chi connectivity index (χ3v) is 6.79. The molecule has 2 saturated heterocycles. The molecule has 1 N–H and O–H groups in total. The number of likely N-dealkylation sites (N-methyl/N-ethyl adjacent to an activating group) is 2. The Morgan fingerprint density at radius 3 is 2.68 bits per heavy atom. The molecular weight excluding hydrogens is 360 g/mol. The fourth-order valence-electron chi connectivity index (χ4n) is 5.48. The molecular formula is C20H28N4O4. The fourth-order valence-corrected chi connectivity index (χ4v) is 5.48. The molecule has 0 radical (unpaired) electrons. The number of amides is 2. The van der Waals surface area contributed by atoms with Crippen molar-refractivity contribution in [2.45, 2.75) is 37.9 Å². The summed E-state index contributed by atoms with van der Waals surface area (Å²) >= 11 is 0. The van der Waals surface area contributed by atoms with Crippen molar-refractivity contribution in [2.75, 3.05) is 44.1 Å². The van der Waals surface area contributed by atoms with Gasteiger partial charge in [-0.15, -0.1) is 0 Å². The zero-order chi connectivity index (χ0) is 20.4. The Balaban J connectivity index is 1.77. The number of nitrogens with zero attached hydrogens (tertiary/aromatic N) is 4. The van der Waals surface area contributed by atoms with Crippen LogP contribution in [0.2, 0.25) is 0 Å². The molecule has 8 heteroatoms. The molecule has 3 unspecified atom stereocenters. The topological polar surface area (TPSA) is 76.6 Å². The molecule has 3 aliphatic rings. The van der Waals surface area contributed by atoms with Crippen LogP contribution >= 0.6 is 0 Å². The van der Waals surface area contributed by atoms with Gasteiger partial charge in [-0.2, -0.15) is 0 Å². The Bertz CT molecular complexity index is 830. The van der Waals surface area contributed by atoms with Crippen LogP contribution in [-0.4, -0.2) is 73.6 Å². The minimum atomic E-state index is -1.13. The van der Waals surface area contributed by atoms with Crippen LogP contribution in [0.1, 0.15) is 25.8 Å². The van der Waals surface area contributed by atoms with Crippen molar-refractivity contribution in [3.8, 4) is 0 Å². The molecule has 0 aromatic heterocycles. The Kier molecular flexibility index (Phi) is 4.31. The summed E-state index contributed by atoms with van der Waals surface area (Å²) < 4.78 is 0. The van der Waals surface area contributed by atoms with Gasteiger partial charge in [0.1, 0.15) is 6.04 Å². The van der Waals surface area contributed by atoms with Crippen molar-refractivity contribution in [2.24, 2.45) is 5.92 Å². The fraction of sp³-hybridized carbons (Fsp3) is 0.600. The Hall–Kier alpha value is -2.32. The maximum absolute atomic E-state index is 12.7. The van der Waals surface area contributed by atoms with E-state index in [1.54, 1.807) is 0 Å². The molecule has 2 amide bonds. The summed E-state index contributed by atoms with van der Waals surface area (Å²) in [5.41, 5.74) is 2.74. The zero-order valence-corrected chi connectivity index (χ0v) is 17.0. The lowest BCUT2D eigenvalue weighted by atomic mass is 9.81. The largest absolute Gasteiger partial charge is 0.465 e. The van der Waals surface area contributed by atoms with Crippen molar-refractivity contribution < 1.29 is 19.5 Å². The molecule has 28 heavy (non-hydrogen) atoms. The number of rotatable bonds is 3. The van der Waals surface area contributed by atoms with Gasteiger partial charge in [-0.1, -0.05) is 13.8 Å². The van der Waals surface area contributed by atoms with E-state index in [1.165, 1.54) is 17.1 Å². The monoisotopic (exact) mass is 388 g/mol. The van der Waals surface area contributed by atoms with E-state index in [-0.39, 0.29) is 23.4 Å². The van der Waals surface area contributed by atoms with E-state index in [0.717, 1.165) is 24.2 Å². The van der Waals surface area contributed by atoms with Crippen molar-refractivity contribution in [1.29, 1.82) is 0 Å². The third-order valence-electron chi connectivity index (χ3n) is 6.79. The number of carboxylic acid groups (broad SMARTS) is 1. The minimum absolute atomic E-state index is 0.0666. The average molecular weight is 388 g/mol. The number of hydroxylamine groups is 2. The van der Waals surface area contributed by atoms with Gasteiger partial charge in [0.2, 0.25) is 0 Å². The predicted octanol–water partition coefficient (Wildman–Crippen LogP) is 1.95. The van der Waals surface area contributed by atoms with Crippen LogP contribution in [0.5, 0.6) is 0 Å². The molecule has 3 heterocycles. The number of anilines is 2. The van der Waals surface area contributed by atoms with E-state index in [0.29, 0.717) is 12.2 Å². The van der Waals surface area contributed by atoms with Crippen molar-refractivity contribution in [3.05, 3.63) is 23.8 Å². The van der Waals surface area contributed by atoms with Gasteiger partial charge in [-0.05, 0) is 37.2 Å². The first-order valence-corrected chi connectivity index (χ1v) is 9.66. The highest BCUT2D eigenvalue weighted by molar-refractivity contribution is 5.98. The van der Waals surface area contributed by atoms with Gasteiger partial charge >= 0.3 is 6.09 Å². The number of fused-ring (bicyclic) bond motifs is 3. The predicted molar refractivity (Wildman–Crippen MR) is 105 cm³/mol. The molecule has 2 fully saturated rings. The van der Waals surface area contributed by atoms with Crippen molar-refractivity contribution in [1.82, 2.24) is 9.96 Å². The van der Waals surface area contributed by atoms with Crippen molar-refractivity contribution >= 4 is 23.4 Å². The van der Waals surface area contributed by atoms with Gasteiger partial charge in [0.05, 0.1) is 19.8 Å². The van der Waals surface area contributed by atoms with E-state index in [4.69, 9.17) is 4.84 Å².